The standard InChI is InChI=1S/C12H8BrNO4/c1-2-7-18-12(15)6-4-9-3-5-10(13)11(8-9)14(16)17/h1,3-6,8H,7H2/b6-4+. The van der Waals surface area contributed by atoms with E-state index in [2.05, 4.69) is 26.6 Å². The van der Waals surface area contributed by atoms with Gasteiger partial charge in [0, 0.05) is 12.1 Å². The van der Waals surface area contributed by atoms with Crippen LogP contribution in [0.1, 0.15) is 5.56 Å². The summed E-state index contributed by atoms with van der Waals surface area (Å²) in [6.45, 7) is -0.107. The molecule has 0 saturated carbocycles. The number of terminal acetylenes is 1. The van der Waals surface area contributed by atoms with Crippen molar-refractivity contribution in [1.82, 2.24) is 0 Å². The van der Waals surface area contributed by atoms with Crippen molar-refractivity contribution in [3.8, 4) is 12.3 Å². The van der Waals surface area contributed by atoms with Gasteiger partial charge in [-0.3, -0.25) is 10.1 Å². The monoisotopic (exact) mass is 309 g/mol. The number of halogens is 1. The zero-order chi connectivity index (χ0) is 13.5. The number of nitro groups is 1. The second kappa shape index (κ2) is 6.57. The lowest BCUT2D eigenvalue weighted by atomic mass is 10.2. The van der Waals surface area contributed by atoms with Crippen LogP contribution in [-0.2, 0) is 9.53 Å². The van der Waals surface area contributed by atoms with Crippen molar-refractivity contribution in [3.05, 3.63) is 44.4 Å². The highest BCUT2D eigenvalue weighted by Crippen LogP contribution is 2.26. The molecule has 1 rings (SSSR count). The summed E-state index contributed by atoms with van der Waals surface area (Å²) in [6.07, 6.45) is 7.49. The summed E-state index contributed by atoms with van der Waals surface area (Å²) in [5.74, 6) is 1.56. The van der Waals surface area contributed by atoms with E-state index in [1.54, 1.807) is 6.07 Å². The quantitative estimate of drug-likeness (QED) is 0.282. The molecule has 5 nitrogen and oxygen atoms in total. The largest absolute Gasteiger partial charge is 0.449 e. The number of rotatable bonds is 4. The number of hydrogen-bond acceptors (Lipinski definition) is 4. The SMILES string of the molecule is C#CCOC(=O)/C=C/c1ccc(Br)c([N+](=O)[O-])c1. The number of ether oxygens (including phenoxy) is 1. The van der Waals surface area contributed by atoms with E-state index in [-0.39, 0.29) is 12.3 Å². The van der Waals surface area contributed by atoms with E-state index in [0.29, 0.717) is 10.0 Å². The van der Waals surface area contributed by atoms with Crippen LogP contribution in [0.5, 0.6) is 0 Å². The predicted molar refractivity (Wildman–Crippen MR) is 69.6 cm³/mol. The first-order chi connectivity index (χ1) is 8.54. The first kappa shape index (κ1) is 13.9. The van der Waals surface area contributed by atoms with E-state index in [9.17, 15) is 14.9 Å². The Bertz CT molecular complexity index is 545. The third-order valence-corrected chi connectivity index (χ3v) is 2.55. The molecular weight excluding hydrogens is 302 g/mol. The van der Waals surface area contributed by atoms with E-state index >= 15 is 0 Å². The number of hydrogen-bond donors (Lipinski definition) is 0. The highest BCUT2D eigenvalue weighted by molar-refractivity contribution is 9.10. The first-order valence-corrected chi connectivity index (χ1v) is 5.56. The molecule has 0 aliphatic rings. The maximum atomic E-state index is 11.1. The molecule has 0 unspecified atom stereocenters. The lowest BCUT2D eigenvalue weighted by Crippen LogP contribution is -1.99. The minimum absolute atomic E-state index is 0.0749. The van der Waals surface area contributed by atoms with Gasteiger partial charge in [-0.15, -0.1) is 6.42 Å². The highest BCUT2D eigenvalue weighted by atomic mass is 79.9. The Morgan fingerprint density at radius 1 is 1.61 bits per heavy atom. The third-order valence-electron chi connectivity index (χ3n) is 1.88. The molecule has 0 fully saturated rings. The molecule has 0 spiro atoms. The van der Waals surface area contributed by atoms with E-state index in [1.165, 1.54) is 18.2 Å². The zero-order valence-electron chi connectivity index (χ0n) is 9.13. The lowest BCUT2D eigenvalue weighted by Gasteiger charge is -1.98. The van der Waals surface area contributed by atoms with Gasteiger partial charge in [0.1, 0.15) is 0 Å². The van der Waals surface area contributed by atoms with Crippen LogP contribution in [0.15, 0.2) is 28.7 Å². The number of carbonyl (C=O) groups excluding carboxylic acids is 1. The van der Waals surface area contributed by atoms with Crippen LogP contribution in [0.25, 0.3) is 6.08 Å². The fraction of sp³-hybridized carbons (Fsp3) is 0.0833. The van der Waals surface area contributed by atoms with E-state index in [4.69, 9.17) is 6.42 Å². The maximum Gasteiger partial charge on any atom is 0.331 e. The smallest absolute Gasteiger partial charge is 0.331 e. The Balaban J connectivity index is 2.83. The summed E-state index contributed by atoms with van der Waals surface area (Å²) >= 11 is 3.07. The van der Waals surface area contributed by atoms with Crippen molar-refractivity contribution in [2.75, 3.05) is 6.61 Å². The topological polar surface area (TPSA) is 69.4 Å². The second-order valence-corrected chi connectivity index (χ2v) is 3.97. The van der Waals surface area contributed by atoms with Crippen molar-refractivity contribution >= 4 is 33.7 Å². The first-order valence-electron chi connectivity index (χ1n) is 4.77. The number of benzene rings is 1. The highest BCUT2D eigenvalue weighted by Gasteiger charge is 2.11. The van der Waals surface area contributed by atoms with Crippen molar-refractivity contribution < 1.29 is 14.5 Å². The van der Waals surface area contributed by atoms with Crippen molar-refractivity contribution in [1.29, 1.82) is 0 Å². The molecule has 18 heavy (non-hydrogen) atoms. The molecule has 6 heteroatoms. The molecule has 1 aromatic rings. The third kappa shape index (κ3) is 4.03. The van der Waals surface area contributed by atoms with Crippen LogP contribution >= 0.6 is 15.9 Å². The summed E-state index contributed by atoms with van der Waals surface area (Å²) in [4.78, 5) is 21.3. The predicted octanol–water partition coefficient (Wildman–Crippen LogP) is 2.55. The molecule has 0 bridgehead atoms. The van der Waals surface area contributed by atoms with Crippen molar-refractivity contribution in [2.24, 2.45) is 0 Å². The Hall–Kier alpha value is -2.13. The van der Waals surface area contributed by atoms with E-state index in [1.807, 2.05) is 0 Å². The van der Waals surface area contributed by atoms with Gasteiger partial charge >= 0.3 is 5.97 Å². The van der Waals surface area contributed by atoms with E-state index < -0.39 is 10.9 Å². The van der Waals surface area contributed by atoms with Crippen LogP contribution in [0, 0.1) is 22.5 Å². The average molecular weight is 310 g/mol. The van der Waals surface area contributed by atoms with Gasteiger partial charge in [-0.05, 0) is 33.6 Å². The summed E-state index contributed by atoms with van der Waals surface area (Å²) in [7, 11) is 0. The van der Waals surface area contributed by atoms with Gasteiger partial charge < -0.3 is 4.74 Å². The van der Waals surface area contributed by atoms with Gasteiger partial charge in [-0.2, -0.15) is 0 Å². The van der Waals surface area contributed by atoms with Gasteiger partial charge in [0.15, 0.2) is 6.61 Å². The average Bonchev–Trinajstić information content (AvgIpc) is 2.35. The Morgan fingerprint density at radius 2 is 2.33 bits per heavy atom. The molecule has 0 heterocycles. The molecular formula is C12H8BrNO4. The van der Waals surface area contributed by atoms with Gasteiger partial charge in [-0.25, -0.2) is 4.79 Å². The Morgan fingerprint density at radius 3 is 2.94 bits per heavy atom. The van der Waals surface area contributed by atoms with Gasteiger partial charge in [0.05, 0.1) is 9.40 Å². The van der Waals surface area contributed by atoms with Crippen LogP contribution in [0.3, 0.4) is 0 Å². The molecule has 0 aliphatic carbocycles. The molecule has 0 amide bonds. The molecule has 0 atom stereocenters. The van der Waals surface area contributed by atoms with Crippen LogP contribution in [-0.4, -0.2) is 17.5 Å². The fourth-order valence-electron chi connectivity index (χ4n) is 1.10. The van der Waals surface area contributed by atoms with Crippen LogP contribution in [0.2, 0.25) is 0 Å². The Kier molecular flexibility index (Phi) is 5.08. The molecule has 0 radical (unpaired) electrons. The van der Waals surface area contributed by atoms with Gasteiger partial charge in [0.25, 0.3) is 5.69 Å². The summed E-state index contributed by atoms with van der Waals surface area (Å²) in [5, 5.41) is 10.7. The fourth-order valence-corrected chi connectivity index (χ4v) is 1.49. The van der Waals surface area contributed by atoms with Crippen LogP contribution < -0.4 is 0 Å². The van der Waals surface area contributed by atoms with Crippen molar-refractivity contribution in [3.63, 3.8) is 0 Å². The molecule has 0 aliphatic heterocycles. The summed E-state index contributed by atoms with van der Waals surface area (Å²) in [5.41, 5.74) is 0.441. The molecule has 0 N–H and O–H groups in total. The lowest BCUT2D eigenvalue weighted by molar-refractivity contribution is -0.385. The van der Waals surface area contributed by atoms with Crippen LogP contribution in [0.4, 0.5) is 5.69 Å². The Labute approximate surface area is 112 Å². The minimum atomic E-state index is -0.599. The molecule has 92 valence electrons. The summed E-state index contributed by atoms with van der Waals surface area (Å²) < 4.78 is 4.98. The summed E-state index contributed by atoms with van der Waals surface area (Å²) in [6, 6.07) is 4.50. The van der Waals surface area contributed by atoms with Crippen molar-refractivity contribution in [2.45, 2.75) is 0 Å². The minimum Gasteiger partial charge on any atom is -0.449 e. The van der Waals surface area contributed by atoms with Gasteiger partial charge in [0.2, 0.25) is 0 Å². The second-order valence-electron chi connectivity index (χ2n) is 3.11. The number of nitro benzene ring substituents is 1. The molecule has 1 aromatic carbocycles. The normalized spacial score (nSPS) is 10.0. The zero-order valence-corrected chi connectivity index (χ0v) is 10.7. The number of carbonyl (C=O) groups is 1. The number of nitrogens with zero attached hydrogens (tertiary/aromatic N) is 1. The molecule has 0 aromatic heterocycles. The molecule has 0 saturated heterocycles. The van der Waals surface area contributed by atoms with Gasteiger partial charge in [-0.1, -0.05) is 12.0 Å². The van der Waals surface area contributed by atoms with E-state index in [0.717, 1.165) is 6.08 Å². The number of esters is 1. The maximum absolute atomic E-state index is 11.1.